The van der Waals surface area contributed by atoms with Crippen molar-refractivity contribution in [2.75, 3.05) is 6.54 Å². The SMILES string of the molecule is Cc1cc2ccccc2nc1C(=O)N[C@H](C(=C=O)N[C@@H](CC1CCCCC1)C(=C=O)N[C@H](C=C=O)C[C@@H]1CCNC1=C=O)C(C)C. The van der Waals surface area contributed by atoms with E-state index in [-0.39, 0.29) is 28.9 Å². The zero-order valence-electron chi connectivity index (χ0n) is 26.8. The highest BCUT2D eigenvalue weighted by Crippen LogP contribution is 2.30. The molecule has 1 saturated carbocycles. The van der Waals surface area contributed by atoms with Crippen molar-refractivity contribution in [3.8, 4) is 0 Å². The van der Waals surface area contributed by atoms with E-state index in [1.54, 1.807) is 0 Å². The average molecular weight is 626 g/mol. The molecule has 1 aliphatic carbocycles. The summed E-state index contributed by atoms with van der Waals surface area (Å²) in [6.45, 7) is 6.21. The molecule has 46 heavy (non-hydrogen) atoms. The van der Waals surface area contributed by atoms with E-state index in [1.165, 1.54) is 6.08 Å². The number of pyridine rings is 1. The van der Waals surface area contributed by atoms with Gasteiger partial charge in [0, 0.05) is 23.9 Å². The second-order valence-corrected chi connectivity index (χ2v) is 12.7. The fourth-order valence-electron chi connectivity index (χ4n) is 6.59. The maximum absolute atomic E-state index is 13.6. The van der Waals surface area contributed by atoms with Crippen molar-refractivity contribution in [3.63, 3.8) is 0 Å². The molecular weight excluding hydrogens is 582 g/mol. The van der Waals surface area contributed by atoms with Gasteiger partial charge in [0.25, 0.3) is 5.91 Å². The minimum atomic E-state index is -0.755. The van der Waals surface area contributed by atoms with Gasteiger partial charge in [0.1, 0.15) is 40.9 Å². The Balaban J connectivity index is 1.59. The van der Waals surface area contributed by atoms with Crippen LogP contribution in [-0.2, 0) is 19.2 Å². The second-order valence-electron chi connectivity index (χ2n) is 12.7. The number of aryl methyl sites for hydroxylation is 1. The van der Waals surface area contributed by atoms with Crippen LogP contribution in [-0.4, -0.2) is 59.3 Å². The van der Waals surface area contributed by atoms with Crippen LogP contribution in [0.1, 0.15) is 81.3 Å². The number of amides is 1. The van der Waals surface area contributed by atoms with E-state index in [4.69, 9.17) is 0 Å². The van der Waals surface area contributed by atoms with E-state index in [0.29, 0.717) is 48.5 Å². The molecule has 4 N–H and O–H groups in total. The maximum Gasteiger partial charge on any atom is 0.270 e. The van der Waals surface area contributed by atoms with E-state index in [0.717, 1.165) is 37.5 Å². The van der Waals surface area contributed by atoms with Crippen molar-refractivity contribution in [3.05, 3.63) is 64.8 Å². The monoisotopic (exact) mass is 625 g/mol. The van der Waals surface area contributed by atoms with E-state index >= 15 is 0 Å². The number of nitrogens with zero attached hydrogens (tertiary/aromatic N) is 1. The van der Waals surface area contributed by atoms with E-state index in [9.17, 15) is 24.0 Å². The molecule has 2 fully saturated rings. The number of carbonyl (C=O) groups is 1. The Kier molecular flexibility index (Phi) is 12.3. The summed E-state index contributed by atoms with van der Waals surface area (Å²) < 4.78 is 0. The van der Waals surface area contributed by atoms with Crippen LogP contribution in [0.3, 0.4) is 0 Å². The van der Waals surface area contributed by atoms with Gasteiger partial charge in [0.2, 0.25) is 0 Å². The third-order valence-electron chi connectivity index (χ3n) is 9.06. The molecule has 0 bridgehead atoms. The largest absolute Gasteiger partial charge is 0.379 e. The average Bonchev–Trinajstić information content (AvgIpc) is 3.51. The molecule has 10 nitrogen and oxygen atoms in total. The van der Waals surface area contributed by atoms with Crippen molar-refractivity contribution in [1.82, 2.24) is 26.3 Å². The number of allylic oxidation sites excluding steroid dienone is 1. The lowest BCUT2D eigenvalue weighted by Crippen LogP contribution is -2.49. The predicted molar refractivity (Wildman–Crippen MR) is 176 cm³/mol. The fraction of sp³-hybridized carbons (Fsp3) is 0.500. The molecule has 1 aliphatic heterocycles. The third-order valence-corrected chi connectivity index (χ3v) is 9.06. The van der Waals surface area contributed by atoms with Gasteiger partial charge in [-0.25, -0.2) is 24.2 Å². The lowest BCUT2D eigenvalue weighted by Gasteiger charge is -2.32. The standard InChI is InChI=1S/C36H43N5O5/c1-23(2)34(41-36(46)35-24(3)17-26-11-7-8-12-29(26)40-35)33(22-45)39-30(18-25-9-5-4-6-10-25)32(21-44)38-28(14-16-42)19-27-13-15-37-31(27)20-43/h7-8,11-12,14,17,23,25,27-28,30,34,37-39H,4-6,9-10,13,15,18-19H2,1-3H3,(H,41,46)/t27-,28+,30-,34-/m0/s1. The van der Waals surface area contributed by atoms with Crippen LogP contribution < -0.4 is 21.3 Å². The van der Waals surface area contributed by atoms with Gasteiger partial charge in [-0.1, -0.05) is 64.2 Å². The molecule has 10 heteroatoms. The predicted octanol–water partition coefficient (Wildman–Crippen LogP) is 3.72. The van der Waals surface area contributed by atoms with Crippen molar-refractivity contribution >= 4 is 40.6 Å². The molecule has 1 amide bonds. The van der Waals surface area contributed by atoms with E-state index in [2.05, 4.69) is 26.3 Å². The summed E-state index contributed by atoms with van der Waals surface area (Å²) in [5.74, 6) is 7.28. The lowest BCUT2D eigenvalue weighted by molar-refractivity contribution is 0.0926. The number of hydrogen-bond acceptors (Lipinski definition) is 9. The summed E-state index contributed by atoms with van der Waals surface area (Å²) in [7, 11) is 0. The Hall–Kier alpha value is -4.70. The molecule has 4 atom stereocenters. The maximum atomic E-state index is 13.6. The Bertz CT molecular complexity index is 1600. The minimum Gasteiger partial charge on any atom is -0.379 e. The van der Waals surface area contributed by atoms with Gasteiger partial charge >= 0.3 is 0 Å². The normalized spacial score (nSPS) is 18.2. The van der Waals surface area contributed by atoms with Crippen molar-refractivity contribution in [2.45, 2.75) is 90.3 Å². The van der Waals surface area contributed by atoms with Crippen LogP contribution in [0.2, 0.25) is 0 Å². The van der Waals surface area contributed by atoms with E-state index < -0.39 is 24.0 Å². The van der Waals surface area contributed by atoms with Gasteiger partial charge in [0.05, 0.1) is 29.3 Å². The summed E-state index contributed by atoms with van der Waals surface area (Å²) in [5, 5.41) is 13.3. The van der Waals surface area contributed by atoms with Crippen LogP contribution in [0.4, 0.5) is 0 Å². The number of aromatic nitrogens is 1. The zero-order chi connectivity index (χ0) is 33.1. The number of nitrogens with one attached hydrogen (secondary N) is 4. The lowest BCUT2D eigenvalue weighted by atomic mass is 9.84. The number of benzene rings is 1. The Morgan fingerprint density at radius 3 is 2.39 bits per heavy atom. The quantitative estimate of drug-likeness (QED) is 0.231. The minimum absolute atomic E-state index is 0.103. The van der Waals surface area contributed by atoms with Gasteiger partial charge in [-0.15, -0.1) is 0 Å². The summed E-state index contributed by atoms with van der Waals surface area (Å²) in [6.07, 6.45) is 8.18. The summed E-state index contributed by atoms with van der Waals surface area (Å²) in [4.78, 5) is 66.1. The molecule has 0 unspecified atom stereocenters. The molecule has 2 heterocycles. The zero-order valence-corrected chi connectivity index (χ0v) is 26.8. The van der Waals surface area contributed by atoms with Crippen LogP contribution in [0.25, 0.3) is 10.9 Å². The molecule has 0 radical (unpaired) electrons. The molecule has 2 aromatic rings. The highest BCUT2D eigenvalue weighted by atomic mass is 16.2. The van der Waals surface area contributed by atoms with Crippen molar-refractivity contribution in [2.24, 2.45) is 17.8 Å². The third kappa shape index (κ3) is 8.72. The van der Waals surface area contributed by atoms with Gasteiger partial charge in [-0.2, -0.15) is 0 Å². The highest BCUT2D eigenvalue weighted by molar-refractivity contribution is 5.97. The summed E-state index contributed by atoms with van der Waals surface area (Å²) in [5.41, 5.74) is 2.35. The van der Waals surface area contributed by atoms with Crippen LogP contribution >= 0.6 is 0 Å². The molecule has 4 rings (SSSR count). The van der Waals surface area contributed by atoms with Gasteiger partial charge in [0.15, 0.2) is 0 Å². The number of rotatable bonds is 14. The second kappa shape index (κ2) is 16.6. The number of fused-ring (bicyclic) bond motifs is 1. The van der Waals surface area contributed by atoms with Crippen LogP contribution in [0.15, 0.2) is 53.5 Å². The van der Waals surface area contributed by atoms with Gasteiger partial charge in [-0.3, -0.25) is 4.79 Å². The molecule has 2 aliphatic rings. The molecule has 0 spiro atoms. The number of hydrogen-bond donors (Lipinski definition) is 4. The molecule has 1 aromatic heterocycles. The summed E-state index contributed by atoms with van der Waals surface area (Å²) in [6, 6.07) is 7.42. The van der Waals surface area contributed by atoms with Crippen LogP contribution in [0, 0.1) is 24.7 Å². The van der Waals surface area contributed by atoms with Gasteiger partial charge < -0.3 is 21.3 Å². The topological polar surface area (TPSA) is 146 Å². The van der Waals surface area contributed by atoms with Crippen molar-refractivity contribution < 1.29 is 24.0 Å². The van der Waals surface area contributed by atoms with E-state index in [1.807, 2.05) is 74.9 Å². The molecule has 1 saturated heterocycles. The number of para-hydroxylation sites is 1. The Labute approximate surface area is 269 Å². The first-order chi connectivity index (χ1) is 22.3. The summed E-state index contributed by atoms with van der Waals surface area (Å²) >= 11 is 0. The molecular formula is C36H43N5O5. The smallest absolute Gasteiger partial charge is 0.270 e. The Morgan fingerprint density at radius 1 is 0.978 bits per heavy atom. The first kappa shape index (κ1) is 34.2. The molecule has 242 valence electrons. The van der Waals surface area contributed by atoms with Crippen LogP contribution in [0.5, 0.6) is 0 Å². The first-order valence-corrected chi connectivity index (χ1v) is 16.2. The highest BCUT2D eigenvalue weighted by Gasteiger charge is 2.31. The molecule has 1 aromatic carbocycles. The van der Waals surface area contributed by atoms with Gasteiger partial charge in [-0.05, 0) is 55.7 Å². The fourth-order valence-corrected chi connectivity index (χ4v) is 6.59. The first-order valence-electron chi connectivity index (χ1n) is 16.2. The Morgan fingerprint density at radius 2 is 1.72 bits per heavy atom. The van der Waals surface area contributed by atoms with Crippen molar-refractivity contribution in [1.29, 1.82) is 0 Å². The number of carbonyl (C=O) groups excluding carboxylic acids is 5.